The van der Waals surface area contributed by atoms with Gasteiger partial charge in [-0.1, -0.05) is 36.4 Å². The first-order chi connectivity index (χ1) is 12.5. The first-order valence-electron chi connectivity index (χ1n) is 7.67. The Kier molecular flexibility index (Phi) is 5.09. The zero-order chi connectivity index (χ0) is 18.7. The second-order valence-electron chi connectivity index (χ2n) is 5.53. The van der Waals surface area contributed by atoms with E-state index in [1.165, 1.54) is 12.1 Å². The van der Waals surface area contributed by atoms with E-state index in [9.17, 15) is 19.5 Å². The Morgan fingerprint density at radius 2 is 1.77 bits per heavy atom. The second-order valence-corrected chi connectivity index (χ2v) is 6.52. The smallest absolute Gasteiger partial charge is 0.293 e. The van der Waals surface area contributed by atoms with Crippen LogP contribution in [0.15, 0.2) is 53.4 Å². The van der Waals surface area contributed by atoms with Gasteiger partial charge >= 0.3 is 0 Å². The first-order valence-corrected chi connectivity index (χ1v) is 8.49. The monoisotopic (exact) mass is 368 g/mol. The minimum Gasteiger partial charge on any atom is -0.545 e. The highest BCUT2D eigenvalue weighted by atomic mass is 32.2. The van der Waals surface area contributed by atoms with Gasteiger partial charge in [0.1, 0.15) is 5.75 Å². The van der Waals surface area contributed by atoms with E-state index < -0.39 is 5.97 Å². The average molecular weight is 368 g/mol. The summed E-state index contributed by atoms with van der Waals surface area (Å²) < 4.78 is 5.09. The molecule has 0 aromatic heterocycles. The number of carboxylic acid groups (broad SMARTS) is 1. The van der Waals surface area contributed by atoms with Crippen LogP contribution in [0.3, 0.4) is 0 Å². The lowest BCUT2D eigenvalue weighted by Crippen LogP contribution is -2.27. The molecule has 3 rings (SSSR count). The van der Waals surface area contributed by atoms with Crippen molar-refractivity contribution in [2.75, 3.05) is 7.11 Å². The molecule has 2 aromatic carbocycles. The lowest BCUT2D eigenvalue weighted by molar-refractivity contribution is -0.255. The Labute approximate surface area is 154 Å². The maximum Gasteiger partial charge on any atom is 0.293 e. The number of carbonyl (C=O) groups excluding carboxylic acids is 3. The van der Waals surface area contributed by atoms with Crippen LogP contribution in [-0.2, 0) is 11.3 Å². The molecular weight excluding hydrogens is 354 g/mol. The maximum atomic E-state index is 12.5. The van der Waals surface area contributed by atoms with Gasteiger partial charge in [-0.15, -0.1) is 0 Å². The van der Waals surface area contributed by atoms with Crippen molar-refractivity contribution in [1.29, 1.82) is 0 Å². The summed E-state index contributed by atoms with van der Waals surface area (Å²) in [5, 5.41) is 10.4. The molecule has 26 heavy (non-hydrogen) atoms. The standard InChI is InChI=1S/C19H15NO5S/c1-25-15-8-4-12(5-9-15)10-16-17(21)20(19(24)26-16)11-13-2-6-14(7-3-13)18(22)23/h2-10H,11H2,1H3,(H,22,23)/p-1/b16-10-. The van der Waals surface area contributed by atoms with Crippen molar-refractivity contribution in [3.63, 3.8) is 0 Å². The summed E-state index contributed by atoms with van der Waals surface area (Å²) in [5.41, 5.74) is 1.49. The molecule has 1 heterocycles. The van der Waals surface area contributed by atoms with Crippen molar-refractivity contribution in [2.45, 2.75) is 6.54 Å². The molecule has 1 aliphatic rings. The molecule has 0 bridgehead atoms. The summed E-state index contributed by atoms with van der Waals surface area (Å²) in [6.45, 7) is 0.0813. The van der Waals surface area contributed by atoms with Gasteiger partial charge in [0, 0.05) is 0 Å². The van der Waals surface area contributed by atoms with Crippen molar-refractivity contribution < 1.29 is 24.2 Å². The SMILES string of the molecule is COc1ccc(/C=C2\SC(=O)N(Cc3ccc(C(=O)[O-])cc3)C2=O)cc1. The van der Waals surface area contributed by atoms with Crippen LogP contribution in [0, 0.1) is 0 Å². The number of carboxylic acids is 1. The van der Waals surface area contributed by atoms with Crippen LogP contribution in [0.5, 0.6) is 5.75 Å². The fraction of sp³-hybridized carbons (Fsp3) is 0.105. The fourth-order valence-electron chi connectivity index (χ4n) is 2.42. The van der Waals surface area contributed by atoms with Crippen LogP contribution in [-0.4, -0.2) is 29.1 Å². The number of imide groups is 1. The summed E-state index contributed by atoms with van der Waals surface area (Å²) in [6.07, 6.45) is 1.66. The number of carbonyl (C=O) groups is 3. The van der Waals surface area contributed by atoms with Gasteiger partial charge in [0.2, 0.25) is 0 Å². The molecule has 0 atom stereocenters. The summed E-state index contributed by atoms with van der Waals surface area (Å²) in [4.78, 5) is 36.9. The molecule has 0 aliphatic carbocycles. The van der Waals surface area contributed by atoms with E-state index >= 15 is 0 Å². The van der Waals surface area contributed by atoms with Crippen LogP contribution in [0.2, 0.25) is 0 Å². The summed E-state index contributed by atoms with van der Waals surface area (Å²) in [6, 6.07) is 13.0. The minimum atomic E-state index is -1.27. The van der Waals surface area contributed by atoms with Crippen molar-refractivity contribution in [2.24, 2.45) is 0 Å². The highest BCUT2D eigenvalue weighted by Gasteiger charge is 2.34. The fourth-order valence-corrected chi connectivity index (χ4v) is 3.25. The third kappa shape index (κ3) is 3.78. The Morgan fingerprint density at radius 3 is 2.35 bits per heavy atom. The molecule has 7 heteroatoms. The van der Waals surface area contributed by atoms with Crippen LogP contribution >= 0.6 is 11.8 Å². The summed E-state index contributed by atoms with van der Waals surface area (Å²) in [5.74, 6) is -0.944. The second kappa shape index (κ2) is 7.45. The third-order valence-corrected chi connectivity index (χ3v) is 4.72. The Balaban J connectivity index is 1.75. The summed E-state index contributed by atoms with van der Waals surface area (Å²) in [7, 11) is 1.57. The van der Waals surface area contributed by atoms with Gasteiger partial charge in [0.15, 0.2) is 0 Å². The molecule has 0 radical (unpaired) electrons. The molecule has 0 unspecified atom stereocenters. The lowest BCUT2D eigenvalue weighted by Gasteiger charge is -2.13. The van der Waals surface area contributed by atoms with E-state index in [-0.39, 0.29) is 23.3 Å². The normalized spacial score (nSPS) is 15.6. The van der Waals surface area contributed by atoms with Gasteiger partial charge in [0.05, 0.1) is 24.5 Å². The van der Waals surface area contributed by atoms with Gasteiger partial charge in [-0.25, -0.2) is 0 Å². The van der Waals surface area contributed by atoms with Crippen LogP contribution in [0.4, 0.5) is 4.79 Å². The predicted octanol–water partition coefficient (Wildman–Crippen LogP) is 2.30. The molecule has 2 aromatic rings. The highest BCUT2D eigenvalue weighted by Crippen LogP contribution is 2.33. The average Bonchev–Trinajstić information content (AvgIpc) is 2.90. The quantitative estimate of drug-likeness (QED) is 0.753. The molecule has 1 fully saturated rings. The number of nitrogens with zero attached hydrogens (tertiary/aromatic N) is 1. The van der Waals surface area contributed by atoms with E-state index in [1.54, 1.807) is 49.6 Å². The van der Waals surface area contributed by atoms with Crippen LogP contribution in [0.25, 0.3) is 6.08 Å². The Morgan fingerprint density at radius 1 is 1.12 bits per heavy atom. The largest absolute Gasteiger partial charge is 0.545 e. The molecule has 0 N–H and O–H groups in total. The Hall–Kier alpha value is -3.06. The number of ether oxygens (including phenoxy) is 1. The number of benzene rings is 2. The predicted molar refractivity (Wildman–Crippen MR) is 95.3 cm³/mol. The van der Waals surface area contributed by atoms with E-state index in [0.717, 1.165) is 22.2 Å². The van der Waals surface area contributed by atoms with Gasteiger partial charge < -0.3 is 14.6 Å². The van der Waals surface area contributed by atoms with Gasteiger partial charge in [-0.3, -0.25) is 14.5 Å². The molecule has 1 saturated heterocycles. The van der Waals surface area contributed by atoms with Gasteiger partial charge in [-0.2, -0.15) is 0 Å². The molecular formula is C19H14NO5S-. The third-order valence-electron chi connectivity index (χ3n) is 3.82. The van der Waals surface area contributed by atoms with Gasteiger partial charge in [0.25, 0.3) is 11.1 Å². The van der Waals surface area contributed by atoms with Gasteiger partial charge in [-0.05, 0) is 46.7 Å². The number of hydrogen-bond acceptors (Lipinski definition) is 6. The molecule has 0 saturated carbocycles. The molecule has 2 amide bonds. The summed E-state index contributed by atoms with van der Waals surface area (Å²) >= 11 is 0.877. The first kappa shape index (κ1) is 17.8. The zero-order valence-electron chi connectivity index (χ0n) is 13.8. The van der Waals surface area contributed by atoms with Crippen molar-refractivity contribution >= 4 is 35.0 Å². The molecule has 1 aliphatic heterocycles. The molecule has 0 spiro atoms. The van der Waals surface area contributed by atoms with E-state index in [2.05, 4.69) is 0 Å². The number of thioether (sulfide) groups is 1. The Bertz CT molecular complexity index is 887. The van der Waals surface area contributed by atoms with Crippen molar-refractivity contribution in [1.82, 2.24) is 4.90 Å². The van der Waals surface area contributed by atoms with Crippen molar-refractivity contribution in [3.8, 4) is 5.75 Å². The zero-order valence-corrected chi connectivity index (χ0v) is 14.6. The molecule has 6 nitrogen and oxygen atoms in total. The van der Waals surface area contributed by atoms with E-state index in [4.69, 9.17) is 4.74 Å². The number of methoxy groups -OCH3 is 1. The number of aromatic carboxylic acids is 1. The minimum absolute atomic E-state index is 0.0438. The van der Waals surface area contributed by atoms with Crippen molar-refractivity contribution in [3.05, 3.63) is 70.1 Å². The number of rotatable bonds is 5. The topological polar surface area (TPSA) is 86.7 Å². The molecule has 132 valence electrons. The lowest BCUT2D eigenvalue weighted by atomic mass is 10.1. The van der Waals surface area contributed by atoms with E-state index in [1.807, 2.05) is 0 Å². The van der Waals surface area contributed by atoms with Crippen LogP contribution in [0.1, 0.15) is 21.5 Å². The van der Waals surface area contributed by atoms with Crippen LogP contribution < -0.4 is 9.84 Å². The number of hydrogen-bond donors (Lipinski definition) is 0. The maximum absolute atomic E-state index is 12.5. The number of amides is 2. The highest BCUT2D eigenvalue weighted by molar-refractivity contribution is 8.18. The van der Waals surface area contributed by atoms with E-state index in [0.29, 0.717) is 16.2 Å².